The summed E-state index contributed by atoms with van der Waals surface area (Å²) in [7, 11) is 0. The van der Waals surface area contributed by atoms with Gasteiger partial charge in [-0.3, -0.25) is 4.98 Å². The maximum Gasteiger partial charge on any atom is 0.213 e. The molecule has 0 fully saturated rings. The van der Waals surface area contributed by atoms with E-state index in [1.165, 1.54) is 39.1 Å². The molecular formula is C25H21N2+. The minimum Gasteiger partial charge on any atom is -0.256 e. The van der Waals surface area contributed by atoms with Crippen molar-refractivity contribution in [2.75, 3.05) is 0 Å². The van der Waals surface area contributed by atoms with Crippen molar-refractivity contribution in [3.8, 4) is 22.5 Å². The van der Waals surface area contributed by atoms with Crippen molar-refractivity contribution >= 4 is 0 Å². The maximum absolute atomic E-state index is 4.63. The molecule has 0 N–H and O–H groups in total. The summed E-state index contributed by atoms with van der Waals surface area (Å²) >= 11 is 0. The van der Waals surface area contributed by atoms with Crippen LogP contribution in [-0.2, 0) is 0 Å². The Labute approximate surface area is 159 Å². The van der Waals surface area contributed by atoms with Crippen LogP contribution in [0, 0.1) is 13.8 Å². The molecule has 0 saturated heterocycles. The van der Waals surface area contributed by atoms with Gasteiger partial charge in [0.1, 0.15) is 0 Å². The van der Waals surface area contributed by atoms with Gasteiger partial charge in [0, 0.05) is 35.0 Å². The summed E-state index contributed by atoms with van der Waals surface area (Å²) in [5.41, 5.74) is 10.0. The third kappa shape index (κ3) is 2.57. The summed E-state index contributed by atoms with van der Waals surface area (Å²) < 4.78 is 2.39. The Bertz CT molecular complexity index is 1150. The van der Waals surface area contributed by atoms with E-state index in [9.17, 15) is 0 Å². The zero-order valence-corrected chi connectivity index (χ0v) is 15.6. The Morgan fingerprint density at radius 2 is 1.44 bits per heavy atom. The lowest BCUT2D eigenvalue weighted by Crippen LogP contribution is -2.38. The molecule has 0 saturated carbocycles. The highest BCUT2D eigenvalue weighted by Crippen LogP contribution is 2.40. The van der Waals surface area contributed by atoms with Crippen LogP contribution in [0.15, 0.2) is 85.2 Å². The standard InChI is InChI=1S/C25H21N2/c1-17-9-11-19(23-7-3-5-13-26-23)21(15-17)25-22-16-18(2)10-12-20(22)24-8-4-6-14-27(24)25/h3-16,25H,1-2H3/q+1/t25-/m1/s1. The van der Waals surface area contributed by atoms with Crippen molar-refractivity contribution < 1.29 is 4.57 Å². The predicted octanol–water partition coefficient (Wildman–Crippen LogP) is 5.27. The van der Waals surface area contributed by atoms with Gasteiger partial charge < -0.3 is 0 Å². The number of pyridine rings is 2. The van der Waals surface area contributed by atoms with Crippen molar-refractivity contribution in [2.24, 2.45) is 0 Å². The van der Waals surface area contributed by atoms with Gasteiger partial charge in [0.2, 0.25) is 11.7 Å². The molecule has 0 bridgehead atoms. The molecule has 0 unspecified atom stereocenters. The van der Waals surface area contributed by atoms with Gasteiger partial charge in [0.05, 0.1) is 11.3 Å². The van der Waals surface area contributed by atoms with Crippen LogP contribution in [0.1, 0.15) is 28.3 Å². The first-order valence-corrected chi connectivity index (χ1v) is 9.35. The van der Waals surface area contributed by atoms with E-state index in [1.807, 2.05) is 12.3 Å². The molecule has 4 aromatic rings. The van der Waals surface area contributed by atoms with Gasteiger partial charge in [0.15, 0.2) is 6.20 Å². The van der Waals surface area contributed by atoms with E-state index in [0.29, 0.717) is 0 Å². The van der Waals surface area contributed by atoms with Gasteiger partial charge >= 0.3 is 0 Å². The zero-order chi connectivity index (χ0) is 18.4. The van der Waals surface area contributed by atoms with Crippen LogP contribution in [0.2, 0.25) is 0 Å². The van der Waals surface area contributed by atoms with Gasteiger partial charge in [-0.1, -0.05) is 35.4 Å². The Kier molecular flexibility index (Phi) is 3.64. The molecule has 2 nitrogen and oxygen atoms in total. The largest absolute Gasteiger partial charge is 0.256 e. The monoisotopic (exact) mass is 349 g/mol. The number of hydrogen-bond donors (Lipinski definition) is 0. The third-order valence-corrected chi connectivity index (χ3v) is 5.39. The molecule has 130 valence electrons. The summed E-state index contributed by atoms with van der Waals surface area (Å²) in [5, 5.41) is 0. The quantitative estimate of drug-likeness (QED) is 0.397. The molecule has 27 heavy (non-hydrogen) atoms. The van der Waals surface area contributed by atoms with Crippen LogP contribution in [-0.4, -0.2) is 4.98 Å². The van der Waals surface area contributed by atoms with Crippen molar-refractivity contribution in [1.29, 1.82) is 0 Å². The molecule has 0 amide bonds. The first-order chi connectivity index (χ1) is 13.2. The van der Waals surface area contributed by atoms with Crippen molar-refractivity contribution in [3.63, 3.8) is 0 Å². The molecule has 2 aromatic carbocycles. The van der Waals surface area contributed by atoms with Crippen LogP contribution in [0.3, 0.4) is 0 Å². The van der Waals surface area contributed by atoms with Crippen LogP contribution in [0.4, 0.5) is 0 Å². The van der Waals surface area contributed by atoms with E-state index in [4.69, 9.17) is 0 Å². The number of rotatable bonds is 2. The lowest BCUT2D eigenvalue weighted by atomic mass is 9.90. The summed E-state index contributed by atoms with van der Waals surface area (Å²) in [4.78, 5) is 4.63. The summed E-state index contributed by atoms with van der Waals surface area (Å²) in [6, 6.07) is 26.2. The number of nitrogens with zero attached hydrogens (tertiary/aromatic N) is 2. The second kappa shape index (κ2) is 6.17. The van der Waals surface area contributed by atoms with Crippen LogP contribution >= 0.6 is 0 Å². The van der Waals surface area contributed by atoms with E-state index in [2.05, 4.69) is 96.3 Å². The SMILES string of the molecule is Cc1ccc(-c2ccccn2)c([C@@H]2c3cc(C)ccc3-c3cccc[n+]32)c1. The van der Waals surface area contributed by atoms with E-state index >= 15 is 0 Å². The number of aromatic nitrogens is 2. The molecule has 0 radical (unpaired) electrons. The number of benzene rings is 2. The van der Waals surface area contributed by atoms with Gasteiger partial charge in [0.25, 0.3) is 0 Å². The van der Waals surface area contributed by atoms with Crippen molar-refractivity contribution in [2.45, 2.75) is 19.9 Å². The first kappa shape index (κ1) is 16.0. The lowest BCUT2D eigenvalue weighted by molar-refractivity contribution is -0.688. The van der Waals surface area contributed by atoms with E-state index in [0.717, 1.165) is 5.69 Å². The van der Waals surface area contributed by atoms with Crippen molar-refractivity contribution in [1.82, 2.24) is 4.98 Å². The minimum absolute atomic E-state index is 0.160. The predicted molar refractivity (Wildman–Crippen MR) is 108 cm³/mol. The molecule has 2 heteroatoms. The second-order valence-electron chi connectivity index (χ2n) is 7.29. The fraction of sp³-hybridized carbons (Fsp3) is 0.120. The van der Waals surface area contributed by atoms with E-state index in [-0.39, 0.29) is 6.04 Å². The Morgan fingerprint density at radius 3 is 2.19 bits per heavy atom. The van der Waals surface area contributed by atoms with Crippen LogP contribution in [0.5, 0.6) is 0 Å². The van der Waals surface area contributed by atoms with Crippen molar-refractivity contribution in [3.05, 3.63) is 107 Å². The van der Waals surface area contributed by atoms with E-state index < -0.39 is 0 Å². The van der Waals surface area contributed by atoms with Gasteiger partial charge in [-0.25, -0.2) is 0 Å². The molecule has 0 aliphatic carbocycles. The minimum atomic E-state index is 0.160. The molecule has 1 atom stereocenters. The van der Waals surface area contributed by atoms with Gasteiger partial charge in [-0.15, -0.1) is 0 Å². The maximum atomic E-state index is 4.63. The highest BCUT2D eigenvalue weighted by atomic mass is 15.0. The average molecular weight is 349 g/mol. The van der Waals surface area contributed by atoms with Gasteiger partial charge in [-0.05, 0) is 50.2 Å². The number of fused-ring (bicyclic) bond motifs is 3. The summed E-state index contributed by atoms with van der Waals surface area (Å²) in [6.45, 7) is 4.33. The number of aryl methyl sites for hydroxylation is 2. The third-order valence-electron chi connectivity index (χ3n) is 5.39. The highest BCUT2D eigenvalue weighted by molar-refractivity contribution is 5.71. The number of hydrogen-bond acceptors (Lipinski definition) is 1. The molecular weight excluding hydrogens is 328 g/mol. The fourth-order valence-electron chi connectivity index (χ4n) is 4.18. The molecule has 1 aliphatic heterocycles. The molecule has 3 heterocycles. The van der Waals surface area contributed by atoms with Crippen LogP contribution in [0.25, 0.3) is 22.5 Å². The Hall–Kier alpha value is -3.26. The summed E-state index contributed by atoms with van der Waals surface area (Å²) in [6.07, 6.45) is 4.06. The molecule has 1 aliphatic rings. The lowest BCUT2D eigenvalue weighted by Gasteiger charge is -2.15. The normalized spacial score (nSPS) is 14.7. The average Bonchev–Trinajstić information content (AvgIpc) is 3.02. The Morgan fingerprint density at radius 1 is 0.741 bits per heavy atom. The van der Waals surface area contributed by atoms with Gasteiger partial charge in [-0.2, -0.15) is 4.57 Å². The van der Waals surface area contributed by atoms with E-state index in [1.54, 1.807) is 0 Å². The summed E-state index contributed by atoms with van der Waals surface area (Å²) in [5.74, 6) is 0. The fourth-order valence-corrected chi connectivity index (χ4v) is 4.18. The first-order valence-electron chi connectivity index (χ1n) is 9.35. The smallest absolute Gasteiger partial charge is 0.213 e. The topological polar surface area (TPSA) is 16.8 Å². The Balaban J connectivity index is 1.81. The highest BCUT2D eigenvalue weighted by Gasteiger charge is 2.38. The molecule has 5 rings (SSSR count). The molecule has 2 aromatic heterocycles. The van der Waals surface area contributed by atoms with Crippen LogP contribution < -0.4 is 4.57 Å². The zero-order valence-electron chi connectivity index (χ0n) is 15.6. The molecule has 0 spiro atoms. The second-order valence-corrected chi connectivity index (χ2v) is 7.29.